The van der Waals surface area contributed by atoms with E-state index < -0.39 is 5.54 Å². The molecule has 4 rings (SSSR count). The Balaban J connectivity index is 1.45. The third-order valence-electron chi connectivity index (χ3n) is 5.71. The molecule has 0 bridgehead atoms. The van der Waals surface area contributed by atoms with Gasteiger partial charge in [-0.05, 0) is 36.2 Å². The van der Waals surface area contributed by atoms with Gasteiger partial charge in [0.05, 0.1) is 6.67 Å². The Kier molecular flexibility index (Phi) is 5.43. The molecule has 7 nitrogen and oxygen atoms in total. The van der Waals surface area contributed by atoms with E-state index in [1.165, 1.54) is 4.90 Å². The van der Waals surface area contributed by atoms with E-state index in [0.717, 1.165) is 32.0 Å². The molecule has 2 fully saturated rings. The quantitative estimate of drug-likeness (QED) is 0.763. The van der Waals surface area contributed by atoms with Gasteiger partial charge in [-0.1, -0.05) is 36.7 Å². The molecular formula is C21H24ClN5O2. The molecule has 1 N–H and O–H groups in total. The van der Waals surface area contributed by atoms with Crippen molar-refractivity contribution >= 4 is 29.4 Å². The SMILES string of the molecule is CC[C@@]1(c2cccc(Cl)c2)NC(=O)N(CN2CCN(c3ccccn3)CC2)C1=O. The van der Waals surface area contributed by atoms with Gasteiger partial charge in [0.1, 0.15) is 11.4 Å². The highest BCUT2D eigenvalue weighted by molar-refractivity contribution is 6.30. The van der Waals surface area contributed by atoms with Crippen molar-refractivity contribution in [3.8, 4) is 0 Å². The molecule has 1 aromatic carbocycles. The van der Waals surface area contributed by atoms with E-state index in [1.807, 2.05) is 31.2 Å². The van der Waals surface area contributed by atoms with Crippen molar-refractivity contribution in [1.82, 2.24) is 20.1 Å². The van der Waals surface area contributed by atoms with Crippen LogP contribution in [-0.4, -0.2) is 59.6 Å². The maximum atomic E-state index is 13.3. The highest BCUT2D eigenvalue weighted by Crippen LogP contribution is 2.33. The summed E-state index contributed by atoms with van der Waals surface area (Å²) in [5, 5.41) is 3.46. The van der Waals surface area contributed by atoms with Crippen molar-refractivity contribution in [3.05, 3.63) is 59.2 Å². The van der Waals surface area contributed by atoms with Gasteiger partial charge in [-0.25, -0.2) is 14.7 Å². The lowest BCUT2D eigenvalue weighted by atomic mass is 9.87. The third kappa shape index (κ3) is 3.68. The lowest BCUT2D eigenvalue weighted by Gasteiger charge is -2.36. The summed E-state index contributed by atoms with van der Waals surface area (Å²) in [6.45, 7) is 5.28. The maximum absolute atomic E-state index is 13.3. The van der Waals surface area contributed by atoms with E-state index in [0.29, 0.717) is 17.0 Å². The van der Waals surface area contributed by atoms with Crippen molar-refractivity contribution < 1.29 is 9.59 Å². The Morgan fingerprint density at radius 2 is 1.90 bits per heavy atom. The second kappa shape index (κ2) is 8.00. The minimum absolute atomic E-state index is 0.223. The number of hydrogen-bond donors (Lipinski definition) is 1. The zero-order valence-electron chi connectivity index (χ0n) is 16.3. The standard InChI is InChI=1S/C21H24ClN5O2/c1-2-21(16-6-5-7-17(22)14-16)19(28)27(20(29)24-21)15-25-10-12-26(13-11-25)18-8-3-4-9-23-18/h3-9,14H,2,10-13,15H2,1H3,(H,24,29)/t21-/m0/s1. The van der Waals surface area contributed by atoms with Crippen molar-refractivity contribution in [1.29, 1.82) is 0 Å². The average molecular weight is 414 g/mol. The number of pyridine rings is 1. The number of hydrogen-bond acceptors (Lipinski definition) is 5. The van der Waals surface area contributed by atoms with Gasteiger partial charge >= 0.3 is 6.03 Å². The predicted molar refractivity (Wildman–Crippen MR) is 112 cm³/mol. The fraction of sp³-hybridized carbons (Fsp3) is 0.381. The summed E-state index contributed by atoms with van der Waals surface area (Å²) in [6, 6.07) is 12.7. The number of piperazine rings is 1. The largest absolute Gasteiger partial charge is 0.354 e. The Morgan fingerprint density at radius 3 is 2.55 bits per heavy atom. The number of imide groups is 1. The summed E-state index contributed by atoms with van der Waals surface area (Å²) in [5.41, 5.74) is -0.342. The van der Waals surface area contributed by atoms with E-state index in [4.69, 9.17) is 11.6 Å². The van der Waals surface area contributed by atoms with E-state index in [1.54, 1.807) is 24.4 Å². The van der Waals surface area contributed by atoms with Crippen LogP contribution in [0.15, 0.2) is 48.7 Å². The number of carbonyl (C=O) groups excluding carboxylic acids is 2. The smallest absolute Gasteiger partial charge is 0.326 e. The van der Waals surface area contributed by atoms with Crippen LogP contribution in [0.1, 0.15) is 18.9 Å². The number of amides is 3. The molecule has 3 amide bonds. The van der Waals surface area contributed by atoms with E-state index in [2.05, 4.69) is 20.1 Å². The molecular weight excluding hydrogens is 390 g/mol. The summed E-state index contributed by atoms with van der Waals surface area (Å²) >= 11 is 6.13. The van der Waals surface area contributed by atoms with Crippen molar-refractivity contribution in [2.45, 2.75) is 18.9 Å². The fourth-order valence-electron chi connectivity index (χ4n) is 4.01. The molecule has 1 aromatic heterocycles. The molecule has 2 aliphatic rings. The maximum Gasteiger partial charge on any atom is 0.326 e. The zero-order valence-corrected chi connectivity index (χ0v) is 17.1. The second-order valence-corrected chi connectivity index (χ2v) is 7.80. The van der Waals surface area contributed by atoms with Gasteiger partial charge in [-0.2, -0.15) is 0 Å². The van der Waals surface area contributed by atoms with Crippen molar-refractivity contribution in [3.63, 3.8) is 0 Å². The number of benzene rings is 1. The Labute approximate surface area is 175 Å². The molecule has 152 valence electrons. The van der Waals surface area contributed by atoms with Gasteiger partial charge in [-0.15, -0.1) is 0 Å². The molecule has 1 atom stereocenters. The Morgan fingerprint density at radius 1 is 1.10 bits per heavy atom. The molecule has 2 aromatic rings. The first-order valence-electron chi connectivity index (χ1n) is 9.82. The van der Waals surface area contributed by atoms with E-state index in [9.17, 15) is 9.59 Å². The van der Waals surface area contributed by atoms with Crippen LogP contribution in [0, 0.1) is 0 Å². The molecule has 2 aliphatic heterocycles. The van der Waals surface area contributed by atoms with Gasteiger partial charge < -0.3 is 10.2 Å². The Hall–Kier alpha value is -2.64. The van der Waals surface area contributed by atoms with Crippen LogP contribution in [0.4, 0.5) is 10.6 Å². The third-order valence-corrected chi connectivity index (χ3v) is 5.95. The van der Waals surface area contributed by atoms with Crippen molar-refractivity contribution in [2.24, 2.45) is 0 Å². The molecule has 3 heterocycles. The molecule has 0 unspecified atom stereocenters. The fourth-order valence-corrected chi connectivity index (χ4v) is 4.20. The Bertz CT molecular complexity index is 901. The molecule has 0 spiro atoms. The number of nitrogens with zero attached hydrogens (tertiary/aromatic N) is 4. The van der Waals surface area contributed by atoms with Gasteiger partial charge in [0.25, 0.3) is 5.91 Å². The van der Waals surface area contributed by atoms with Crippen LogP contribution in [0.25, 0.3) is 0 Å². The number of aromatic nitrogens is 1. The lowest BCUT2D eigenvalue weighted by Crippen LogP contribution is -2.52. The normalized spacial score (nSPS) is 22.8. The summed E-state index contributed by atoms with van der Waals surface area (Å²) in [5.74, 6) is 0.729. The number of urea groups is 1. The first kappa shape index (κ1) is 19.7. The number of nitrogens with one attached hydrogen (secondary N) is 1. The number of halogens is 1. The minimum Gasteiger partial charge on any atom is -0.354 e. The van der Waals surface area contributed by atoms with Crippen LogP contribution in [0.3, 0.4) is 0 Å². The van der Waals surface area contributed by atoms with Gasteiger partial charge in [0.2, 0.25) is 0 Å². The molecule has 29 heavy (non-hydrogen) atoms. The predicted octanol–water partition coefficient (Wildman–Crippen LogP) is 2.67. The second-order valence-electron chi connectivity index (χ2n) is 7.37. The molecule has 0 radical (unpaired) electrons. The van der Waals surface area contributed by atoms with Gasteiger partial charge in [-0.3, -0.25) is 9.69 Å². The van der Waals surface area contributed by atoms with E-state index in [-0.39, 0.29) is 18.6 Å². The highest BCUT2D eigenvalue weighted by Gasteiger charge is 2.51. The minimum atomic E-state index is -1.06. The zero-order chi connectivity index (χ0) is 20.4. The summed E-state index contributed by atoms with van der Waals surface area (Å²) in [7, 11) is 0. The average Bonchev–Trinajstić information content (AvgIpc) is 3.00. The monoisotopic (exact) mass is 413 g/mol. The molecule has 0 saturated carbocycles. The highest BCUT2D eigenvalue weighted by atomic mass is 35.5. The summed E-state index contributed by atoms with van der Waals surface area (Å²) in [6.07, 6.45) is 2.25. The molecule has 2 saturated heterocycles. The number of rotatable bonds is 5. The van der Waals surface area contributed by atoms with Gasteiger partial charge in [0, 0.05) is 37.4 Å². The first-order chi connectivity index (χ1) is 14.0. The van der Waals surface area contributed by atoms with Crippen LogP contribution in [-0.2, 0) is 10.3 Å². The van der Waals surface area contributed by atoms with Crippen LogP contribution in [0.5, 0.6) is 0 Å². The molecule has 0 aliphatic carbocycles. The van der Waals surface area contributed by atoms with Crippen molar-refractivity contribution in [2.75, 3.05) is 37.7 Å². The van der Waals surface area contributed by atoms with Gasteiger partial charge in [0.15, 0.2) is 0 Å². The molecule has 8 heteroatoms. The van der Waals surface area contributed by atoms with Crippen LogP contribution < -0.4 is 10.2 Å². The summed E-state index contributed by atoms with van der Waals surface area (Å²) < 4.78 is 0. The number of anilines is 1. The van der Waals surface area contributed by atoms with E-state index >= 15 is 0 Å². The van der Waals surface area contributed by atoms with Crippen LogP contribution >= 0.6 is 11.6 Å². The van der Waals surface area contributed by atoms with Crippen LogP contribution in [0.2, 0.25) is 5.02 Å². The number of carbonyl (C=O) groups is 2. The summed E-state index contributed by atoms with van der Waals surface area (Å²) in [4.78, 5) is 36.0. The topological polar surface area (TPSA) is 68.8 Å². The first-order valence-corrected chi connectivity index (χ1v) is 10.2. The lowest BCUT2D eigenvalue weighted by molar-refractivity contribution is -0.133.